The molecule has 0 amide bonds. The van der Waals surface area contributed by atoms with Crippen molar-refractivity contribution in [2.75, 3.05) is 0 Å². The quantitative estimate of drug-likeness (QED) is 0.714. The Balaban J connectivity index is 2.24. The summed E-state index contributed by atoms with van der Waals surface area (Å²) in [7, 11) is 0. The monoisotopic (exact) mass is 273 g/mol. The van der Waals surface area contributed by atoms with Crippen LogP contribution in [0.15, 0.2) is 58.0 Å². The van der Waals surface area contributed by atoms with Gasteiger partial charge in [-0.1, -0.05) is 46.3 Å². The second-order valence-electron chi connectivity index (χ2n) is 3.60. The van der Waals surface area contributed by atoms with E-state index in [1.807, 2.05) is 48.7 Å². The van der Waals surface area contributed by atoms with Crippen molar-refractivity contribution in [3.05, 3.63) is 64.1 Å². The Bertz CT molecular complexity index is 503. The van der Waals surface area contributed by atoms with Crippen molar-refractivity contribution in [3.8, 4) is 0 Å². The first-order chi connectivity index (χ1) is 7.75. The Morgan fingerprint density at radius 2 is 1.81 bits per heavy atom. The van der Waals surface area contributed by atoms with Gasteiger partial charge in [-0.05, 0) is 36.2 Å². The number of benzene rings is 2. The maximum absolute atomic E-state index is 4.47. The first-order valence-corrected chi connectivity index (χ1v) is 5.90. The van der Waals surface area contributed by atoms with Gasteiger partial charge in [0.05, 0.1) is 5.69 Å². The van der Waals surface area contributed by atoms with Crippen LogP contribution in [0.4, 0.5) is 5.69 Å². The van der Waals surface area contributed by atoms with E-state index in [2.05, 4.69) is 33.9 Å². The highest BCUT2D eigenvalue weighted by molar-refractivity contribution is 9.10. The SMILES string of the molecule is Cc1cc(Br)ccc1N=Cc1ccccc1. The van der Waals surface area contributed by atoms with E-state index in [-0.39, 0.29) is 0 Å². The fourth-order valence-corrected chi connectivity index (χ4v) is 1.92. The molecule has 0 saturated carbocycles. The molecule has 2 heteroatoms. The van der Waals surface area contributed by atoms with Crippen LogP contribution < -0.4 is 0 Å². The summed E-state index contributed by atoms with van der Waals surface area (Å²) in [5, 5.41) is 0. The molecule has 80 valence electrons. The first-order valence-electron chi connectivity index (χ1n) is 5.11. The molecule has 0 unspecified atom stereocenters. The Hall–Kier alpha value is -1.41. The summed E-state index contributed by atoms with van der Waals surface area (Å²) in [5.41, 5.74) is 3.29. The summed E-state index contributed by atoms with van der Waals surface area (Å²) < 4.78 is 1.09. The number of halogens is 1. The zero-order valence-corrected chi connectivity index (χ0v) is 10.6. The Morgan fingerprint density at radius 3 is 2.50 bits per heavy atom. The van der Waals surface area contributed by atoms with E-state index in [9.17, 15) is 0 Å². The highest BCUT2D eigenvalue weighted by atomic mass is 79.9. The fourth-order valence-electron chi connectivity index (χ4n) is 1.45. The highest BCUT2D eigenvalue weighted by Gasteiger charge is 1.95. The van der Waals surface area contributed by atoms with Gasteiger partial charge in [-0.2, -0.15) is 0 Å². The molecule has 0 saturated heterocycles. The molecule has 2 aromatic carbocycles. The topological polar surface area (TPSA) is 12.4 Å². The van der Waals surface area contributed by atoms with E-state index in [0.717, 1.165) is 15.7 Å². The van der Waals surface area contributed by atoms with E-state index >= 15 is 0 Å². The zero-order valence-electron chi connectivity index (χ0n) is 9.02. The second-order valence-corrected chi connectivity index (χ2v) is 4.52. The number of aliphatic imine (C=N–C) groups is 1. The van der Waals surface area contributed by atoms with Gasteiger partial charge in [0.25, 0.3) is 0 Å². The smallest absolute Gasteiger partial charge is 0.0659 e. The molecule has 0 aromatic heterocycles. The van der Waals surface area contributed by atoms with Crippen LogP contribution in [0.25, 0.3) is 0 Å². The van der Waals surface area contributed by atoms with Crippen LogP contribution in [0.5, 0.6) is 0 Å². The molecular formula is C14H12BrN. The lowest BCUT2D eigenvalue weighted by Gasteiger charge is -2.00. The number of hydrogen-bond acceptors (Lipinski definition) is 1. The van der Waals surface area contributed by atoms with Crippen molar-refractivity contribution >= 4 is 27.8 Å². The van der Waals surface area contributed by atoms with Crippen LogP contribution in [0.1, 0.15) is 11.1 Å². The van der Waals surface area contributed by atoms with Crippen molar-refractivity contribution < 1.29 is 0 Å². The molecule has 0 aliphatic heterocycles. The predicted octanol–water partition coefficient (Wildman–Crippen LogP) is 4.51. The summed E-state index contributed by atoms with van der Waals surface area (Å²) in [6.07, 6.45) is 1.89. The van der Waals surface area contributed by atoms with Crippen LogP contribution in [0.2, 0.25) is 0 Å². The summed E-state index contributed by atoms with van der Waals surface area (Å²) in [6.45, 7) is 2.06. The summed E-state index contributed by atoms with van der Waals surface area (Å²) >= 11 is 3.44. The third-order valence-electron chi connectivity index (χ3n) is 2.31. The van der Waals surface area contributed by atoms with E-state index in [1.165, 1.54) is 5.56 Å². The van der Waals surface area contributed by atoms with Crippen molar-refractivity contribution in [1.29, 1.82) is 0 Å². The lowest BCUT2D eigenvalue weighted by Crippen LogP contribution is -1.80. The first kappa shape index (κ1) is 11.1. The van der Waals surface area contributed by atoms with Gasteiger partial charge >= 0.3 is 0 Å². The average molecular weight is 274 g/mol. The average Bonchev–Trinajstić information content (AvgIpc) is 2.29. The van der Waals surface area contributed by atoms with Gasteiger partial charge in [-0.15, -0.1) is 0 Å². The van der Waals surface area contributed by atoms with Crippen molar-refractivity contribution in [2.45, 2.75) is 6.92 Å². The molecule has 1 nitrogen and oxygen atoms in total. The lowest BCUT2D eigenvalue weighted by molar-refractivity contribution is 1.39. The lowest BCUT2D eigenvalue weighted by atomic mass is 10.2. The Kier molecular flexibility index (Phi) is 3.52. The van der Waals surface area contributed by atoms with Crippen molar-refractivity contribution in [2.24, 2.45) is 4.99 Å². The minimum absolute atomic E-state index is 1.01. The third-order valence-corrected chi connectivity index (χ3v) is 2.80. The number of hydrogen-bond donors (Lipinski definition) is 0. The summed E-state index contributed by atoms with van der Waals surface area (Å²) in [4.78, 5) is 4.47. The fraction of sp³-hybridized carbons (Fsp3) is 0.0714. The van der Waals surface area contributed by atoms with Crippen LogP contribution in [-0.2, 0) is 0 Å². The van der Waals surface area contributed by atoms with E-state index in [1.54, 1.807) is 0 Å². The highest BCUT2D eigenvalue weighted by Crippen LogP contribution is 2.22. The molecule has 0 heterocycles. The molecule has 2 rings (SSSR count). The zero-order chi connectivity index (χ0) is 11.4. The molecule has 0 aliphatic carbocycles. The molecule has 0 N–H and O–H groups in total. The van der Waals surface area contributed by atoms with Crippen LogP contribution in [0.3, 0.4) is 0 Å². The van der Waals surface area contributed by atoms with Crippen LogP contribution in [0, 0.1) is 6.92 Å². The molecule has 0 atom stereocenters. The van der Waals surface area contributed by atoms with Crippen LogP contribution >= 0.6 is 15.9 Å². The van der Waals surface area contributed by atoms with Gasteiger partial charge in [-0.25, -0.2) is 0 Å². The van der Waals surface area contributed by atoms with E-state index < -0.39 is 0 Å². The minimum Gasteiger partial charge on any atom is -0.256 e. The molecule has 0 bridgehead atoms. The predicted molar refractivity (Wildman–Crippen MR) is 72.6 cm³/mol. The van der Waals surface area contributed by atoms with Crippen LogP contribution in [-0.4, -0.2) is 6.21 Å². The summed E-state index contributed by atoms with van der Waals surface area (Å²) in [5.74, 6) is 0. The number of rotatable bonds is 2. The Labute approximate surface area is 104 Å². The molecule has 0 aliphatic rings. The maximum Gasteiger partial charge on any atom is 0.0659 e. The minimum atomic E-state index is 1.01. The Morgan fingerprint density at radius 1 is 1.06 bits per heavy atom. The maximum atomic E-state index is 4.47. The van der Waals surface area contributed by atoms with Gasteiger partial charge < -0.3 is 0 Å². The summed E-state index contributed by atoms with van der Waals surface area (Å²) in [6, 6.07) is 16.2. The molecule has 0 fully saturated rings. The van der Waals surface area contributed by atoms with Crippen molar-refractivity contribution in [3.63, 3.8) is 0 Å². The second kappa shape index (κ2) is 5.08. The van der Waals surface area contributed by atoms with Gasteiger partial charge in [0.1, 0.15) is 0 Å². The van der Waals surface area contributed by atoms with Gasteiger partial charge in [-0.3, -0.25) is 4.99 Å². The standard InChI is InChI=1S/C14H12BrN/c1-11-9-13(15)7-8-14(11)16-10-12-5-3-2-4-6-12/h2-10H,1H3. The largest absolute Gasteiger partial charge is 0.256 e. The third kappa shape index (κ3) is 2.80. The van der Waals surface area contributed by atoms with Gasteiger partial charge in [0.2, 0.25) is 0 Å². The number of nitrogens with zero attached hydrogens (tertiary/aromatic N) is 1. The normalized spacial score (nSPS) is 10.9. The molecular weight excluding hydrogens is 262 g/mol. The molecule has 0 radical (unpaired) electrons. The van der Waals surface area contributed by atoms with Gasteiger partial charge in [0.15, 0.2) is 0 Å². The van der Waals surface area contributed by atoms with Crippen molar-refractivity contribution in [1.82, 2.24) is 0 Å². The molecule has 16 heavy (non-hydrogen) atoms. The van der Waals surface area contributed by atoms with Gasteiger partial charge in [0, 0.05) is 10.7 Å². The van der Waals surface area contributed by atoms with E-state index in [0.29, 0.717) is 0 Å². The number of aryl methyl sites for hydroxylation is 1. The van der Waals surface area contributed by atoms with E-state index in [4.69, 9.17) is 0 Å². The molecule has 2 aromatic rings. The molecule has 0 spiro atoms.